The summed E-state index contributed by atoms with van der Waals surface area (Å²) >= 11 is 4.03. The summed E-state index contributed by atoms with van der Waals surface area (Å²) in [5.41, 5.74) is 3.20. The highest BCUT2D eigenvalue weighted by molar-refractivity contribution is 7.22. The van der Waals surface area contributed by atoms with Crippen LogP contribution >= 0.6 is 22.7 Å². The Labute approximate surface area is 157 Å². The number of aryl methyl sites for hydroxylation is 4. The summed E-state index contributed by atoms with van der Waals surface area (Å²) < 4.78 is 0. The van der Waals surface area contributed by atoms with Crippen LogP contribution in [0.25, 0.3) is 9.75 Å². The standard InChI is InChI=1S/C22H34S2/c1-5-7-9-11-13-19-15-17(3)23-21(19)22-20(16-18(4)24-22)14-12-10-8-6-2/h15-16H,5-14H2,1-4H3. The Bertz CT molecular complexity index is 549. The highest BCUT2D eigenvalue weighted by Gasteiger charge is 2.15. The van der Waals surface area contributed by atoms with Gasteiger partial charge in [0, 0.05) is 19.5 Å². The Morgan fingerprint density at radius 3 is 1.42 bits per heavy atom. The van der Waals surface area contributed by atoms with Crippen LogP contribution in [-0.2, 0) is 12.8 Å². The predicted octanol–water partition coefficient (Wildman–Crippen LogP) is 8.34. The van der Waals surface area contributed by atoms with Crippen molar-refractivity contribution in [2.24, 2.45) is 0 Å². The Morgan fingerprint density at radius 1 is 0.625 bits per heavy atom. The highest BCUT2D eigenvalue weighted by atomic mass is 32.1. The molecule has 134 valence electrons. The van der Waals surface area contributed by atoms with Crippen LogP contribution in [-0.4, -0.2) is 0 Å². The number of thiophene rings is 2. The van der Waals surface area contributed by atoms with E-state index in [1.165, 1.54) is 74.0 Å². The van der Waals surface area contributed by atoms with Gasteiger partial charge in [-0.15, -0.1) is 22.7 Å². The number of hydrogen-bond donors (Lipinski definition) is 0. The van der Waals surface area contributed by atoms with E-state index in [1.807, 2.05) is 22.7 Å². The molecule has 0 aliphatic rings. The molecule has 2 rings (SSSR count). The van der Waals surface area contributed by atoms with Gasteiger partial charge in [0.05, 0.1) is 0 Å². The van der Waals surface area contributed by atoms with Crippen LogP contribution in [0.4, 0.5) is 0 Å². The van der Waals surface area contributed by atoms with E-state index in [4.69, 9.17) is 0 Å². The molecule has 2 aromatic heterocycles. The van der Waals surface area contributed by atoms with Crippen molar-refractivity contribution < 1.29 is 0 Å². The molecule has 0 aromatic carbocycles. The molecule has 0 fully saturated rings. The van der Waals surface area contributed by atoms with E-state index >= 15 is 0 Å². The monoisotopic (exact) mass is 362 g/mol. The van der Waals surface area contributed by atoms with Gasteiger partial charge >= 0.3 is 0 Å². The van der Waals surface area contributed by atoms with Crippen LogP contribution < -0.4 is 0 Å². The van der Waals surface area contributed by atoms with Crippen molar-refractivity contribution in [3.05, 3.63) is 33.0 Å². The van der Waals surface area contributed by atoms with Gasteiger partial charge in [-0.25, -0.2) is 0 Å². The number of rotatable bonds is 11. The summed E-state index contributed by atoms with van der Waals surface area (Å²) in [6, 6.07) is 4.89. The Hall–Kier alpha value is -0.600. The molecule has 0 bridgehead atoms. The minimum absolute atomic E-state index is 1.26. The lowest BCUT2D eigenvalue weighted by molar-refractivity contribution is 0.666. The molecule has 0 nitrogen and oxygen atoms in total. The van der Waals surface area contributed by atoms with Gasteiger partial charge in [-0.1, -0.05) is 52.4 Å². The smallest absolute Gasteiger partial charge is 0.0480 e. The molecule has 0 spiro atoms. The molecule has 0 saturated carbocycles. The molecular formula is C22H34S2. The quantitative estimate of drug-likeness (QED) is 0.352. The van der Waals surface area contributed by atoms with E-state index in [0.717, 1.165) is 0 Å². The first-order valence-corrected chi connectivity index (χ1v) is 11.5. The summed E-state index contributed by atoms with van der Waals surface area (Å²) in [4.78, 5) is 6.09. The third-order valence-electron chi connectivity index (χ3n) is 4.67. The summed E-state index contributed by atoms with van der Waals surface area (Å²) in [6.07, 6.45) is 13.3. The fourth-order valence-electron chi connectivity index (χ4n) is 3.37. The Balaban J connectivity index is 2.12. The van der Waals surface area contributed by atoms with Crippen LogP contribution in [0, 0.1) is 13.8 Å². The normalized spacial score (nSPS) is 11.3. The molecule has 0 radical (unpaired) electrons. The summed E-state index contributed by atoms with van der Waals surface area (Å²) in [5, 5.41) is 0. The number of unbranched alkanes of at least 4 members (excludes halogenated alkanes) is 6. The van der Waals surface area contributed by atoms with Gasteiger partial charge < -0.3 is 0 Å². The maximum Gasteiger partial charge on any atom is 0.0480 e. The van der Waals surface area contributed by atoms with Crippen molar-refractivity contribution in [1.82, 2.24) is 0 Å². The third kappa shape index (κ3) is 5.74. The van der Waals surface area contributed by atoms with Crippen LogP contribution in [0.2, 0.25) is 0 Å². The average Bonchev–Trinajstić information content (AvgIpc) is 3.10. The van der Waals surface area contributed by atoms with Gasteiger partial charge in [0.25, 0.3) is 0 Å². The van der Waals surface area contributed by atoms with E-state index < -0.39 is 0 Å². The SMILES string of the molecule is CCCCCCc1cc(C)sc1-c1sc(C)cc1CCCCCC. The van der Waals surface area contributed by atoms with Crippen molar-refractivity contribution >= 4 is 22.7 Å². The molecule has 2 heterocycles. The highest BCUT2D eigenvalue weighted by Crippen LogP contribution is 2.41. The Kier molecular flexibility index (Phi) is 8.55. The zero-order valence-corrected chi connectivity index (χ0v) is 17.7. The van der Waals surface area contributed by atoms with Gasteiger partial charge in [-0.3, -0.25) is 0 Å². The first-order chi connectivity index (χ1) is 11.7. The summed E-state index contributed by atoms with van der Waals surface area (Å²) in [7, 11) is 0. The summed E-state index contributed by atoms with van der Waals surface area (Å²) in [6.45, 7) is 9.12. The Morgan fingerprint density at radius 2 is 1.04 bits per heavy atom. The van der Waals surface area contributed by atoms with Crippen LogP contribution in [0.1, 0.15) is 86.1 Å². The van der Waals surface area contributed by atoms with Gasteiger partial charge in [0.1, 0.15) is 0 Å². The van der Waals surface area contributed by atoms with Crippen molar-refractivity contribution in [2.75, 3.05) is 0 Å². The largest absolute Gasteiger partial charge is 0.139 e. The molecule has 0 aliphatic carbocycles. The molecular weight excluding hydrogens is 328 g/mol. The van der Waals surface area contributed by atoms with E-state index in [1.54, 1.807) is 20.9 Å². The fraction of sp³-hybridized carbons (Fsp3) is 0.636. The van der Waals surface area contributed by atoms with Crippen LogP contribution in [0.5, 0.6) is 0 Å². The molecule has 0 N–H and O–H groups in total. The van der Waals surface area contributed by atoms with E-state index in [9.17, 15) is 0 Å². The molecule has 0 aliphatic heterocycles. The van der Waals surface area contributed by atoms with Gasteiger partial charge in [-0.05, 0) is 62.8 Å². The first-order valence-electron chi connectivity index (χ1n) is 9.84. The van der Waals surface area contributed by atoms with Crippen molar-refractivity contribution in [2.45, 2.75) is 91.9 Å². The topological polar surface area (TPSA) is 0 Å². The molecule has 0 atom stereocenters. The van der Waals surface area contributed by atoms with E-state index in [2.05, 4.69) is 39.8 Å². The summed E-state index contributed by atoms with van der Waals surface area (Å²) in [5.74, 6) is 0. The molecule has 0 saturated heterocycles. The predicted molar refractivity (Wildman–Crippen MR) is 113 cm³/mol. The lowest BCUT2D eigenvalue weighted by Crippen LogP contribution is -1.89. The van der Waals surface area contributed by atoms with Crippen molar-refractivity contribution in [3.63, 3.8) is 0 Å². The van der Waals surface area contributed by atoms with Crippen LogP contribution in [0.15, 0.2) is 12.1 Å². The number of hydrogen-bond acceptors (Lipinski definition) is 2. The molecule has 2 heteroatoms. The van der Waals surface area contributed by atoms with Gasteiger partial charge in [0.15, 0.2) is 0 Å². The second kappa shape index (κ2) is 10.4. The van der Waals surface area contributed by atoms with E-state index in [0.29, 0.717) is 0 Å². The molecule has 0 unspecified atom stereocenters. The molecule has 24 heavy (non-hydrogen) atoms. The van der Waals surface area contributed by atoms with Crippen LogP contribution in [0.3, 0.4) is 0 Å². The average molecular weight is 363 g/mol. The minimum atomic E-state index is 1.26. The lowest BCUT2D eigenvalue weighted by atomic mass is 10.0. The minimum Gasteiger partial charge on any atom is -0.139 e. The van der Waals surface area contributed by atoms with E-state index in [-0.39, 0.29) is 0 Å². The second-order valence-electron chi connectivity index (χ2n) is 7.04. The zero-order valence-electron chi connectivity index (χ0n) is 16.0. The second-order valence-corrected chi connectivity index (χ2v) is 9.56. The van der Waals surface area contributed by atoms with Crippen molar-refractivity contribution in [1.29, 1.82) is 0 Å². The fourth-order valence-corrected chi connectivity index (χ4v) is 5.70. The first kappa shape index (κ1) is 19.7. The third-order valence-corrected chi connectivity index (χ3v) is 7.02. The van der Waals surface area contributed by atoms with Gasteiger partial charge in [-0.2, -0.15) is 0 Å². The molecule has 0 amide bonds. The van der Waals surface area contributed by atoms with Crippen molar-refractivity contribution in [3.8, 4) is 9.75 Å². The maximum atomic E-state index is 2.45. The zero-order chi connectivity index (χ0) is 17.4. The van der Waals surface area contributed by atoms with Gasteiger partial charge in [0.2, 0.25) is 0 Å². The molecule has 2 aromatic rings. The lowest BCUT2D eigenvalue weighted by Gasteiger charge is -2.06. The maximum absolute atomic E-state index is 2.45.